The summed E-state index contributed by atoms with van der Waals surface area (Å²) in [6.07, 6.45) is -2.04. The Morgan fingerprint density at radius 2 is 2.20 bits per heavy atom. The van der Waals surface area contributed by atoms with Crippen LogP contribution in [0.1, 0.15) is 12.8 Å². The van der Waals surface area contributed by atoms with Crippen molar-refractivity contribution >= 4 is 11.8 Å². The molecule has 1 aliphatic rings. The van der Waals surface area contributed by atoms with E-state index in [-0.39, 0.29) is 18.4 Å². The van der Waals surface area contributed by atoms with Gasteiger partial charge in [0.05, 0.1) is 12.0 Å². The van der Waals surface area contributed by atoms with Gasteiger partial charge in [-0.1, -0.05) is 0 Å². The predicted molar refractivity (Wildman–Crippen MR) is 54.9 cm³/mol. The van der Waals surface area contributed by atoms with E-state index in [1.54, 1.807) is 0 Å². The van der Waals surface area contributed by atoms with Crippen LogP contribution in [-0.2, 0) is 4.74 Å². The van der Waals surface area contributed by atoms with Crippen molar-refractivity contribution in [3.63, 3.8) is 0 Å². The average molecular weight is 243 g/mol. The summed E-state index contributed by atoms with van der Waals surface area (Å²) in [5, 5.41) is 0. The lowest BCUT2D eigenvalue weighted by Crippen LogP contribution is -2.32. The maximum Gasteiger partial charge on any atom is 0.393 e. The van der Waals surface area contributed by atoms with Crippen LogP contribution < -0.4 is 5.73 Å². The average Bonchev–Trinajstić information content (AvgIpc) is 2.62. The first-order valence-electron chi connectivity index (χ1n) is 5.00. The van der Waals surface area contributed by atoms with Gasteiger partial charge in [-0.2, -0.15) is 24.9 Å². The Bertz CT molecular complexity index is 183. The third kappa shape index (κ3) is 4.61. The number of nitrogens with two attached hydrogens (primary N) is 1. The van der Waals surface area contributed by atoms with Gasteiger partial charge in [0.15, 0.2) is 0 Å². The van der Waals surface area contributed by atoms with Crippen molar-refractivity contribution in [1.29, 1.82) is 0 Å². The fraction of sp³-hybridized carbons (Fsp3) is 1.00. The quantitative estimate of drug-likeness (QED) is 0.802. The van der Waals surface area contributed by atoms with Crippen LogP contribution >= 0.6 is 11.8 Å². The summed E-state index contributed by atoms with van der Waals surface area (Å²) >= 11 is 1.29. The van der Waals surface area contributed by atoms with Crippen molar-refractivity contribution in [1.82, 2.24) is 0 Å². The lowest BCUT2D eigenvalue weighted by molar-refractivity contribution is -0.165. The van der Waals surface area contributed by atoms with Crippen LogP contribution in [0.3, 0.4) is 0 Å². The predicted octanol–water partition coefficient (Wildman–Crippen LogP) is 2.04. The molecule has 1 saturated heterocycles. The molecule has 1 rings (SSSR count). The summed E-state index contributed by atoms with van der Waals surface area (Å²) in [6, 6.07) is 0. The van der Waals surface area contributed by atoms with Gasteiger partial charge < -0.3 is 10.5 Å². The van der Waals surface area contributed by atoms with Crippen LogP contribution in [0.25, 0.3) is 0 Å². The minimum absolute atomic E-state index is 0.0415. The van der Waals surface area contributed by atoms with E-state index in [0.717, 1.165) is 19.4 Å². The molecule has 90 valence electrons. The number of hydrogen-bond acceptors (Lipinski definition) is 3. The lowest BCUT2D eigenvalue weighted by atomic mass is 10.2. The van der Waals surface area contributed by atoms with Gasteiger partial charge in [0.2, 0.25) is 0 Å². The molecule has 0 spiro atoms. The first-order valence-corrected chi connectivity index (χ1v) is 6.15. The van der Waals surface area contributed by atoms with E-state index in [4.69, 9.17) is 10.5 Å². The zero-order valence-electron chi connectivity index (χ0n) is 8.43. The smallest absolute Gasteiger partial charge is 0.377 e. The Labute approximate surface area is 91.7 Å². The maximum atomic E-state index is 12.3. The van der Waals surface area contributed by atoms with Gasteiger partial charge >= 0.3 is 6.18 Å². The molecule has 0 radical (unpaired) electrons. The third-order valence-electron chi connectivity index (χ3n) is 2.39. The van der Waals surface area contributed by atoms with Gasteiger partial charge in [-0.25, -0.2) is 0 Å². The molecule has 0 aromatic carbocycles. The molecule has 1 aliphatic heterocycles. The molecule has 0 aromatic heterocycles. The molecule has 0 saturated carbocycles. The van der Waals surface area contributed by atoms with Crippen LogP contribution in [-0.4, -0.2) is 36.9 Å². The highest BCUT2D eigenvalue weighted by Gasteiger charge is 2.38. The summed E-state index contributed by atoms with van der Waals surface area (Å²) in [6.45, 7) is 0.410. The number of alkyl halides is 3. The highest BCUT2D eigenvalue weighted by atomic mass is 32.2. The van der Waals surface area contributed by atoms with Gasteiger partial charge in [0, 0.05) is 24.7 Å². The topological polar surface area (TPSA) is 35.2 Å². The summed E-state index contributed by atoms with van der Waals surface area (Å²) in [4.78, 5) is 0. The van der Waals surface area contributed by atoms with Gasteiger partial charge in [-0.05, 0) is 12.8 Å². The minimum Gasteiger partial charge on any atom is -0.377 e. The monoisotopic (exact) mass is 243 g/mol. The van der Waals surface area contributed by atoms with E-state index in [0.29, 0.717) is 5.75 Å². The highest BCUT2D eigenvalue weighted by Crippen LogP contribution is 2.29. The van der Waals surface area contributed by atoms with E-state index in [2.05, 4.69) is 0 Å². The Morgan fingerprint density at radius 1 is 1.47 bits per heavy atom. The first-order chi connectivity index (χ1) is 7.04. The molecule has 2 atom stereocenters. The normalized spacial score (nSPS) is 24.4. The molecular formula is C9H16F3NOS. The van der Waals surface area contributed by atoms with Crippen molar-refractivity contribution in [3.8, 4) is 0 Å². The zero-order valence-corrected chi connectivity index (χ0v) is 9.24. The molecule has 0 aromatic rings. The standard InChI is InChI=1S/C9H16F3NOS/c10-9(11,12)7(4-13)5-15-6-8-2-1-3-14-8/h7-8H,1-6,13H2. The Kier molecular flexibility index (Phi) is 5.22. The second-order valence-corrected chi connectivity index (χ2v) is 4.72. The zero-order chi connectivity index (χ0) is 11.3. The number of hydrogen-bond donors (Lipinski definition) is 1. The number of ether oxygens (including phenoxy) is 1. The molecule has 6 heteroatoms. The number of rotatable bonds is 5. The van der Waals surface area contributed by atoms with E-state index >= 15 is 0 Å². The largest absolute Gasteiger partial charge is 0.393 e. The summed E-state index contributed by atoms with van der Waals surface area (Å²) in [5.74, 6) is -0.698. The lowest BCUT2D eigenvalue weighted by Gasteiger charge is -2.18. The molecule has 2 nitrogen and oxygen atoms in total. The summed E-state index contributed by atoms with van der Waals surface area (Å²) in [5.41, 5.74) is 5.09. The Hall–Kier alpha value is 0.0600. The van der Waals surface area contributed by atoms with Crippen molar-refractivity contribution in [3.05, 3.63) is 0 Å². The number of thioether (sulfide) groups is 1. The second-order valence-electron chi connectivity index (χ2n) is 3.65. The van der Waals surface area contributed by atoms with Gasteiger partial charge in [-0.15, -0.1) is 0 Å². The Balaban J connectivity index is 2.16. The summed E-state index contributed by atoms with van der Waals surface area (Å²) < 4.78 is 42.2. The van der Waals surface area contributed by atoms with Crippen molar-refractivity contribution in [2.75, 3.05) is 24.7 Å². The minimum atomic E-state index is -4.17. The molecule has 0 amide bonds. The molecule has 1 fully saturated rings. The molecule has 15 heavy (non-hydrogen) atoms. The van der Waals surface area contributed by atoms with Crippen molar-refractivity contribution < 1.29 is 17.9 Å². The molecular weight excluding hydrogens is 227 g/mol. The third-order valence-corrected chi connectivity index (χ3v) is 3.64. The van der Waals surface area contributed by atoms with E-state index in [1.165, 1.54) is 11.8 Å². The van der Waals surface area contributed by atoms with E-state index in [1.807, 2.05) is 0 Å². The van der Waals surface area contributed by atoms with E-state index < -0.39 is 12.1 Å². The molecule has 1 heterocycles. The van der Waals surface area contributed by atoms with Crippen LogP contribution in [0.2, 0.25) is 0 Å². The maximum absolute atomic E-state index is 12.3. The van der Waals surface area contributed by atoms with Gasteiger partial charge in [0.1, 0.15) is 0 Å². The fourth-order valence-electron chi connectivity index (χ4n) is 1.41. The van der Waals surface area contributed by atoms with Gasteiger partial charge in [0.25, 0.3) is 0 Å². The van der Waals surface area contributed by atoms with Crippen molar-refractivity contribution in [2.45, 2.75) is 25.1 Å². The van der Waals surface area contributed by atoms with Crippen LogP contribution in [0.4, 0.5) is 13.2 Å². The fourth-order valence-corrected chi connectivity index (χ4v) is 2.69. The molecule has 0 bridgehead atoms. The van der Waals surface area contributed by atoms with Crippen LogP contribution in [0.5, 0.6) is 0 Å². The molecule has 0 aliphatic carbocycles. The van der Waals surface area contributed by atoms with Crippen LogP contribution in [0, 0.1) is 5.92 Å². The van der Waals surface area contributed by atoms with E-state index in [9.17, 15) is 13.2 Å². The molecule has 2 N–H and O–H groups in total. The number of halogens is 3. The summed E-state index contributed by atoms with van der Waals surface area (Å²) in [7, 11) is 0. The van der Waals surface area contributed by atoms with Crippen LogP contribution in [0.15, 0.2) is 0 Å². The second kappa shape index (κ2) is 5.96. The molecule has 2 unspecified atom stereocenters. The first kappa shape index (κ1) is 13.1. The SMILES string of the molecule is NCC(CSCC1CCCO1)C(F)(F)F. The van der Waals surface area contributed by atoms with Gasteiger partial charge in [-0.3, -0.25) is 0 Å². The van der Waals surface area contributed by atoms with Crippen molar-refractivity contribution in [2.24, 2.45) is 11.7 Å². The highest BCUT2D eigenvalue weighted by molar-refractivity contribution is 7.99. The Morgan fingerprint density at radius 3 is 2.67 bits per heavy atom.